The molecule has 0 amide bonds. The third-order valence-corrected chi connectivity index (χ3v) is 15.4. The van der Waals surface area contributed by atoms with Gasteiger partial charge >= 0.3 is 0 Å². The topological polar surface area (TPSA) is 3.24 Å². The highest BCUT2D eigenvalue weighted by atomic mass is 32.1. The van der Waals surface area contributed by atoms with Crippen molar-refractivity contribution >= 4 is 90.9 Å². The number of rotatable bonds is 6. The van der Waals surface area contributed by atoms with Crippen molar-refractivity contribution in [2.24, 2.45) is 0 Å². The molecular formula is C59H37NS2. The lowest BCUT2D eigenvalue weighted by atomic mass is 9.68. The first-order valence-corrected chi connectivity index (χ1v) is 22.9. The molecule has 1 aliphatic rings. The van der Waals surface area contributed by atoms with Gasteiger partial charge in [-0.15, -0.1) is 22.7 Å². The van der Waals surface area contributed by atoms with Crippen molar-refractivity contribution in [2.45, 2.75) is 5.41 Å². The van der Waals surface area contributed by atoms with Crippen molar-refractivity contribution in [2.75, 3.05) is 4.90 Å². The van der Waals surface area contributed by atoms with E-state index in [1.807, 2.05) is 22.7 Å². The fraction of sp³-hybridized carbons (Fsp3) is 0.0169. The minimum absolute atomic E-state index is 0.451. The Morgan fingerprint density at radius 1 is 0.306 bits per heavy atom. The molecule has 1 aliphatic carbocycles. The lowest BCUT2D eigenvalue weighted by molar-refractivity contribution is 0.768. The fourth-order valence-electron chi connectivity index (χ4n) is 10.3. The van der Waals surface area contributed by atoms with E-state index in [0.717, 1.165) is 17.1 Å². The molecule has 0 bridgehead atoms. The lowest BCUT2D eigenvalue weighted by Gasteiger charge is -2.34. The average Bonchev–Trinajstić information content (AvgIpc) is 3.98. The van der Waals surface area contributed by atoms with Crippen LogP contribution in [0.15, 0.2) is 224 Å². The number of hydrogen-bond acceptors (Lipinski definition) is 3. The second kappa shape index (κ2) is 13.9. The lowest BCUT2D eigenvalue weighted by Crippen LogP contribution is -2.28. The number of nitrogens with zero attached hydrogens (tertiary/aromatic N) is 1. The van der Waals surface area contributed by atoms with Gasteiger partial charge in [0.1, 0.15) is 0 Å². The maximum atomic E-state index is 2.43. The highest BCUT2D eigenvalue weighted by Crippen LogP contribution is 2.56. The molecule has 0 spiro atoms. The van der Waals surface area contributed by atoms with E-state index >= 15 is 0 Å². The van der Waals surface area contributed by atoms with E-state index in [-0.39, 0.29) is 0 Å². The van der Waals surface area contributed by atoms with Gasteiger partial charge in [-0.2, -0.15) is 0 Å². The molecule has 0 atom stereocenters. The van der Waals surface area contributed by atoms with Gasteiger partial charge in [-0.3, -0.25) is 0 Å². The van der Waals surface area contributed by atoms with Crippen molar-refractivity contribution in [3.63, 3.8) is 0 Å². The quantitative estimate of drug-likeness (QED) is 0.161. The molecule has 2 heterocycles. The maximum absolute atomic E-state index is 2.43. The molecule has 2 aromatic heterocycles. The first-order chi connectivity index (χ1) is 30.7. The summed E-state index contributed by atoms with van der Waals surface area (Å²) in [6.07, 6.45) is 0. The molecule has 13 rings (SSSR count). The summed E-state index contributed by atoms with van der Waals surface area (Å²) in [5, 5.41) is 7.84. The molecule has 0 fully saturated rings. The summed E-state index contributed by atoms with van der Waals surface area (Å²) in [5.41, 5.74) is 13.1. The van der Waals surface area contributed by atoms with Crippen LogP contribution in [0.4, 0.5) is 17.1 Å². The van der Waals surface area contributed by atoms with E-state index in [4.69, 9.17) is 0 Å². The molecule has 1 nitrogen and oxygen atoms in total. The number of anilines is 3. The molecular weight excluding hydrogens is 787 g/mol. The molecule has 0 saturated carbocycles. The zero-order valence-electron chi connectivity index (χ0n) is 33.6. The van der Waals surface area contributed by atoms with Crippen LogP contribution in [-0.4, -0.2) is 0 Å². The van der Waals surface area contributed by atoms with Gasteiger partial charge in [0.2, 0.25) is 0 Å². The van der Waals surface area contributed by atoms with Crippen LogP contribution in [0.25, 0.3) is 73.4 Å². The van der Waals surface area contributed by atoms with E-state index in [0.29, 0.717) is 0 Å². The number of fused-ring (bicyclic) bond motifs is 10. The predicted octanol–water partition coefficient (Wildman–Crippen LogP) is 17.1. The van der Waals surface area contributed by atoms with E-state index in [1.54, 1.807) is 0 Å². The zero-order valence-corrected chi connectivity index (χ0v) is 35.3. The first-order valence-electron chi connectivity index (χ1n) is 21.2. The highest BCUT2D eigenvalue weighted by Gasteiger charge is 2.45. The molecule has 290 valence electrons. The van der Waals surface area contributed by atoms with Crippen LogP contribution in [0.5, 0.6) is 0 Å². The van der Waals surface area contributed by atoms with E-state index < -0.39 is 5.41 Å². The van der Waals surface area contributed by atoms with Gasteiger partial charge in [0, 0.05) is 57.4 Å². The van der Waals surface area contributed by atoms with Gasteiger partial charge in [-0.25, -0.2) is 0 Å². The summed E-state index contributed by atoms with van der Waals surface area (Å²) < 4.78 is 5.30. The van der Waals surface area contributed by atoms with Crippen molar-refractivity contribution in [3.8, 4) is 22.3 Å². The third-order valence-electron chi connectivity index (χ3n) is 13.1. The molecule has 3 heteroatoms. The molecule has 0 aliphatic heterocycles. The van der Waals surface area contributed by atoms with Crippen LogP contribution in [-0.2, 0) is 5.41 Å². The first kappa shape index (κ1) is 35.5. The largest absolute Gasteiger partial charge is 0.310 e. The third kappa shape index (κ3) is 5.32. The van der Waals surface area contributed by atoms with Gasteiger partial charge < -0.3 is 4.90 Å². The van der Waals surface area contributed by atoms with Gasteiger partial charge in [0.15, 0.2) is 0 Å². The number of benzene rings is 10. The Labute approximate surface area is 368 Å². The van der Waals surface area contributed by atoms with Crippen LogP contribution >= 0.6 is 22.7 Å². The van der Waals surface area contributed by atoms with Crippen molar-refractivity contribution < 1.29 is 0 Å². The molecule has 0 radical (unpaired) electrons. The highest BCUT2D eigenvalue weighted by molar-refractivity contribution is 7.26. The molecule has 0 saturated heterocycles. The summed E-state index contributed by atoms with van der Waals surface area (Å²) in [6, 6.07) is 83.5. The van der Waals surface area contributed by atoms with E-state index in [9.17, 15) is 0 Å². The second-order valence-corrected chi connectivity index (χ2v) is 18.6. The fourth-order valence-corrected chi connectivity index (χ4v) is 12.6. The second-order valence-electron chi connectivity index (χ2n) is 16.4. The molecule has 10 aromatic carbocycles. The van der Waals surface area contributed by atoms with Crippen LogP contribution in [0.2, 0.25) is 0 Å². The van der Waals surface area contributed by atoms with Crippen LogP contribution < -0.4 is 4.90 Å². The Balaban J connectivity index is 0.985. The van der Waals surface area contributed by atoms with Gasteiger partial charge in [-0.1, -0.05) is 152 Å². The zero-order chi connectivity index (χ0) is 40.8. The summed E-state index contributed by atoms with van der Waals surface area (Å²) in [6.45, 7) is 0. The number of thiophene rings is 2. The standard InChI is InChI=1S/C59H37NS2/c1-3-13-38(14-4-1)39-23-27-44(28-24-39)60(45-29-25-43(26-30-45)59(42-15-5-2-6-16-42)53-20-10-7-17-47(53)48-18-8-11-21-54(48)59)46-31-32-56-52(37-46)51-34-40-33-50-49-19-9-12-22-55(49)61-57(50)35-41(40)36-58(51)62-56/h1-37H. The summed E-state index contributed by atoms with van der Waals surface area (Å²) in [5.74, 6) is 0. The molecule has 62 heavy (non-hydrogen) atoms. The SMILES string of the molecule is c1ccc(-c2ccc(N(c3ccc(C4(c5ccccc5)c5ccccc5-c5ccccc54)cc3)c3ccc4sc5cc6cc7sc8ccccc8c7cc6cc5c4c3)cc2)cc1. The normalized spacial score (nSPS) is 13.0. The summed E-state index contributed by atoms with van der Waals surface area (Å²) in [7, 11) is 0. The van der Waals surface area contributed by atoms with Gasteiger partial charge in [0.05, 0.1) is 5.41 Å². The van der Waals surface area contributed by atoms with Gasteiger partial charge in [0.25, 0.3) is 0 Å². The average molecular weight is 824 g/mol. The Morgan fingerprint density at radius 2 is 0.774 bits per heavy atom. The van der Waals surface area contributed by atoms with Crippen LogP contribution in [0.3, 0.4) is 0 Å². The monoisotopic (exact) mass is 823 g/mol. The Bertz CT molecular complexity index is 3630. The minimum Gasteiger partial charge on any atom is -0.310 e. The Kier molecular flexibility index (Phi) is 7.93. The smallest absolute Gasteiger partial charge is 0.0713 e. The maximum Gasteiger partial charge on any atom is 0.0713 e. The van der Waals surface area contributed by atoms with Crippen LogP contribution in [0.1, 0.15) is 22.3 Å². The summed E-state index contributed by atoms with van der Waals surface area (Å²) in [4.78, 5) is 2.43. The van der Waals surface area contributed by atoms with Crippen molar-refractivity contribution in [1.29, 1.82) is 0 Å². The van der Waals surface area contributed by atoms with E-state index in [1.165, 1.54) is 95.6 Å². The molecule has 0 N–H and O–H groups in total. The summed E-state index contributed by atoms with van der Waals surface area (Å²) >= 11 is 3.77. The van der Waals surface area contributed by atoms with Crippen molar-refractivity contribution in [1.82, 2.24) is 0 Å². The Morgan fingerprint density at radius 3 is 1.45 bits per heavy atom. The number of hydrogen-bond donors (Lipinski definition) is 0. The van der Waals surface area contributed by atoms with Crippen molar-refractivity contribution in [3.05, 3.63) is 247 Å². The predicted molar refractivity (Wildman–Crippen MR) is 267 cm³/mol. The van der Waals surface area contributed by atoms with Crippen LogP contribution in [0, 0.1) is 0 Å². The Hall–Kier alpha value is -7.30. The van der Waals surface area contributed by atoms with Gasteiger partial charge in [-0.05, 0) is 128 Å². The minimum atomic E-state index is -0.451. The molecule has 12 aromatic rings. The molecule has 0 unspecified atom stereocenters. The van der Waals surface area contributed by atoms with E-state index in [2.05, 4.69) is 229 Å².